The van der Waals surface area contributed by atoms with Crippen molar-refractivity contribution in [1.82, 2.24) is 0 Å². The Hall–Kier alpha value is -1.82. The Bertz CT molecular complexity index is 889. The Morgan fingerprint density at radius 3 is 2.85 bits per heavy atom. The average Bonchev–Trinajstić information content (AvgIpc) is 3.14. The fourth-order valence-corrected chi connectivity index (χ4v) is 4.62. The summed E-state index contributed by atoms with van der Waals surface area (Å²) in [5.74, 6) is -0.714. The Morgan fingerprint density at radius 2 is 2.12 bits per heavy atom. The summed E-state index contributed by atoms with van der Waals surface area (Å²) < 4.78 is 5.16. The van der Waals surface area contributed by atoms with Gasteiger partial charge in [0, 0.05) is 21.0 Å². The highest BCUT2D eigenvalue weighted by Gasteiger charge is 2.28. The molecule has 0 saturated carbocycles. The van der Waals surface area contributed by atoms with Crippen molar-refractivity contribution in [2.45, 2.75) is 26.2 Å². The first-order valence-electron chi connectivity index (χ1n) is 8.25. The molecule has 0 bridgehead atoms. The van der Waals surface area contributed by atoms with Gasteiger partial charge in [0.2, 0.25) is 5.91 Å². The van der Waals surface area contributed by atoms with Crippen LogP contribution in [0.4, 0.5) is 5.00 Å². The zero-order chi connectivity index (χ0) is 18.7. The molecule has 0 aliphatic heterocycles. The van der Waals surface area contributed by atoms with Crippen molar-refractivity contribution in [2.24, 2.45) is 0 Å². The Balaban J connectivity index is 1.79. The monoisotopic (exact) mass is 409 g/mol. The molecule has 1 aromatic carbocycles. The van der Waals surface area contributed by atoms with Crippen LogP contribution in [-0.2, 0) is 22.4 Å². The first-order chi connectivity index (χ1) is 12.5. The number of anilines is 1. The Morgan fingerprint density at radius 1 is 1.31 bits per heavy atom. The number of hydrogen-bond donors (Lipinski definition) is 1. The number of rotatable bonds is 5. The van der Waals surface area contributed by atoms with Crippen LogP contribution >= 0.6 is 34.5 Å². The topological polar surface area (TPSA) is 55.4 Å². The zero-order valence-corrected chi connectivity index (χ0v) is 16.4. The van der Waals surface area contributed by atoms with Crippen molar-refractivity contribution in [3.05, 3.63) is 55.9 Å². The molecular formula is C19H17Cl2NO3S. The highest BCUT2D eigenvalue weighted by atomic mass is 35.5. The summed E-state index contributed by atoms with van der Waals surface area (Å²) in [6, 6.07) is 5.05. The van der Waals surface area contributed by atoms with Crippen molar-refractivity contribution < 1.29 is 14.3 Å². The maximum atomic E-state index is 12.3. The lowest BCUT2D eigenvalue weighted by atomic mass is 10.1. The molecule has 0 radical (unpaired) electrons. The molecular weight excluding hydrogens is 393 g/mol. The molecule has 3 rings (SSSR count). The summed E-state index contributed by atoms with van der Waals surface area (Å²) in [6.07, 6.45) is 5.79. The number of benzene rings is 1. The lowest BCUT2D eigenvalue weighted by Gasteiger charge is -2.06. The summed E-state index contributed by atoms with van der Waals surface area (Å²) in [4.78, 5) is 25.8. The van der Waals surface area contributed by atoms with E-state index in [1.165, 1.54) is 17.4 Å². The maximum Gasteiger partial charge on any atom is 0.341 e. The number of esters is 1. The van der Waals surface area contributed by atoms with E-state index in [0.29, 0.717) is 32.8 Å². The summed E-state index contributed by atoms with van der Waals surface area (Å²) in [5.41, 5.74) is 2.19. The molecule has 0 saturated heterocycles. The molecule has 1 heterocycles. The molecule has 1 aliphatic carbocycles. The SMILES string of the molecule is CCOC(=O)c1c(NC(=O)C=Cc2ccc(Cl)cc2Cl)sc2c1CCC2. The van der Waals surface area contributed by atoms with E-state index >= 15 is 0 Å². The van der Waals surface area contributed by atoms with Crippen molar-refractivity contribution in [3.8, 4) is 0 Å². The third-order valence-electron chi connectivity index (χ3n) is 4.01. The number of carbonyl (C=O) groups excluding carboxylic acids is 2. The smallest absolute Gasteiger partial charge is 0.341 e. The third-order valence-corrected chi connectivity index (χ3v) is 5.78. The van der Waals surface area contributed by atoms with E-state index < -0.39 is 0 Å². The zero-order valence-electron chi connectivity index (χ0n) is 14.1. The van der Waals surface area contributed by atoms with Crippen molar-refractivity contribution in [1.29, 1.82) is 0 Å². The number of fused-ring (bicyclic) bond motifs is 1. The van der Waals surface area contributed by atoms with Gasteiger partial charge in [-0.2, -0.15) is 0 Å². The third kappa shape index (κ3) is 4.11. The highest BCUT2D eigenvalue weighted by Crippen LogP contribution is 2.39. The fourth-order valence-electron chi connectivity index (χ4n) is 2.87. The number of aryl methyl sites for hydroxylation is 1. The second kappa shape index (κ2) is 8.25. The number of ether oxygens (including phenoxy) is 1. The van der Waals surface area contributed by atoms with Crippen LogP contribution in [0.1, 0.15) is 39.7 Å². The van der Waals surface area contributed by atoms with Crippen LogP contribution in [0.25, 0.3) is 6.08 Å². The minimum Gasteiger partial charge on any atom is -0.462 e. The van der Waals surface area contributed by atoms with Gasteiger partial charge in [0.05, 0.1) is 12.2 Å². The van der Waals surface area contributed by atoms with Crippen LogP contribution in [0.3, 0.4) is 0 Å². The fraction of sp³-hybridized carbons (Fsp3) is 0.263. The molecule has 1 aliphatic rings. The van der Waals surface area contributed by atoms with Crippen LogP contribution in [0, 0.1) is 0 Å². The molecule has 2 aromatic rings. The minimum atomic E-state index is -0.382. The van der Waals surface area contributed by atoms with Gasteiger partial charge in [0.15, 0.2) is 0 Å². The summed E-state index contributed by atoms with van der Waals surface area (Å²) in [7, 11) is 0. The lowest BCUT2D eigenvalue weighted by Crippen LogP contribution is -2.13. The highest BCUT2D eigenvalue weighted by molar-refractivity contribution is 7.17. The summed E-state index contributed by atoms with van der Waals surface area (Å²) in [5, 5.41) is 4.34. The number of halogens is 2. The molecule has 1 amide bonds. The summed E-state index contributed by atoms with van der Waals surface area (Å²) >= 11 is 13.4. The quantitative estimate of drug-likeness (QED) is 0.533. The van der Waals surface area contributed by atoms with Gasteiger partial charge in [-0.1, -0.05) is 29.3 Å². The Kier molecular flexibility index (Phi) is 6.01. The van der Waals surface area contributed by atoms with E-state index in [4.69, 9.17) is 27.9 Å². The van der Waals surface area contributed by atoms with Crippen LogP contribution in [0.5, 0.6) is 0 Å². The molecule has 136 valence electrons. The van der Waals surface area contributed by atoms with E-state index in [9.17, 15) is 9.59 Å². The molecule has 26 heavy (non-hydrogen) atoms. The molecule has 1 aromatic heterocycles. The van der Waals surface area contributed by atoms with Gasteiger partial charge in [0.1, 0.15) is 5.00 Å². The number of thiophene rings is 1. The molecule has 7 heteroatoms. The number of nitrogens with one attached hydrogen (secondary N) is 1. The second-order valence-electron chi connectivity index (χ2n) is 5.77. The standard InChI is InChI=1S/C19H17Cl2NO3S/c1-2-25-19(24)17-13-4-3-5-15(13)26-18(17)22-16(23)9-7-11-6-8-12(20)10-14(11)21/h6-10H,2-5H2,1H3,(H,22,23). The van der Waals surface area contributed by atoms with Gasteiger partial charge in [-0.15, -0.1) is 11.3 Å². The van der Waals surface area contributed by atoms with E-state index in [1.807, 2.05) is 0 Å². The average molecular weight is 410 g/mol. The first-order valence-corrected chi connectivity index (χ1v) is 9.82. The van der Waals surface area contributed by atoms with Gasteiger partial charge in [-0.3, -0.25) is 4.79 Å². The number of amides is 1. The number of hydrogen-bond acceptors (Lipinski definition) is 4. The molecule has 1 N–H and O–H groups in total. The predicted octanol–water partition coefficient (Wildman–Crippen LogP) is 5.37. The normalized spacial score (nSPS) is 13.0. The van der Waals surface area contributed by atoms with Gasteiger partial charge < -0.3 is 10.1 Å². The molecule has 4 nitrogen and oxygen atoms in total. The largest absolute Gasteiger partial charge is 0.462 e. The molecule has 0 unspecified atom stereocenters. The van der Waals surface area contributed by atoms with Gasteiger partial charge >= 0.3 is 5.97 Å². The Labute approximate surface area is 165 Å². The van der Waals surface area contributed by atoms with Gasteiger partial charge in [-0.25, -0.2) is 4.79 Å². The van der Waals surface area contributed by atoms with E-state index in [0.717, 1.165) is 29.7 Å². The van der Waals surface area contributed by atoms with Crippen LogP contribution in [-0.4, -0.2) is 18.5 Å². The molecule has 0 atom stereocenters. The van der Waals surface area contributed by atoms with E-state index in [-0.39, 0.29) is 11.9 Å². The lowest BCUT2D eigenvalue weighted by molar-refractivity contribution is -0.111. The van der Waals surface area contributed by atoms with E-state index in [2.05, 4.69) is 5.32 Å². The van der Waals surface area contributed by atoms with Crippen LogP contribution < -0.4 is 5.32 Å². The second-order valence-corrected chi connectivity index (χ2v) is 7.72. The predicted molar refractivity (Wildman–Crippen MR) is 106 cm³/mol. The number of carbonyl (C=O) groups is 2. The van der Waals surface area contributed by atoms with Crippen LogP contribution in [0.2, 0.25) is 10.0 Å². The first kappa shape index (κ1) is 19.0. The van der Waals surface area contributed by atoms with E-state index in [1.54, 1.807) is 31.2 Å². The van der Waals surface area contributed by atoms with Crippen molar-refractivity contribution in [3.63, 3.8) is 0 Å². The van der Waals surface area contributed by atoms with Crippen molar-refractivity contribution in [2.75, 3.05) is 11.9 Å². The molecule has 0 fully saturated rings. The molecule has 0 spiro atoms. The van der Waals surface area contributed by atoms with Crippen LogP contribution in [0.15, 0.2) is 24.3 Å². The minimum absolute atomic E-state index is 0.297. The van der Waals surface area contributed by atoms with Gasteiger partial charge in [0.25, 0.3) is 0 Å². The van der Waals surface area contributed by atoms with Gasteiger partial charge in [-0.05, 0) is 55.5 Å². The summed E-state index contributed by atoms with van der Waals surface area (Å²) in [6.45, 7) is 2.06. The van der Waals surface area contributed by atoms with Crippen molar-refractivity contribution >= 4 is 57.5 Å². The maximum absolute atomic E-state index is 12.3.